The van der Waals surface area contributed by atoms with E-state index in [2.05, 4.69) is 4.98 Å². The molecule has 1 aromatic carbocycles. The molecule has 1 aliphatic rings. The summed E-state index contributed by atoms with van der Waals surface area (Å²) < 4.78 is 48.8. The van der Waals surface area contributed by atoms with Gasteiger partial charge in [0.15, 0.2) is 12.3 Å². The van der Waals surface area contributed by atoms with Crippen LogP contribution in [0.2, 0.25) is 0 Å². The number of halogens is 1. The molecule has 4 atom stereocenters. The second-order valence-electron chi connectivity index (χ2n) is 7.83. The lowest BCUT2D eigenvalue weighted by molar-refractivity contribution is -0.155. The predicted molar refractivity (Wildman–Crippen MR) is 127 cm³/mol. The molecule has 1 aromatic heterocycles. The SMILES string of the molecule is CC(=O)OC[C@H]1O[C@@H](n2cc(/C=C/Cl)c(N)nc2=O)[C@H](OC(C)=O)[C@H]1OS(=O)(=O)c1ccc(C)cc1. The molecule has 1 saturated heterocycles. The fourth-order valence-corrected chi connectivity index (χ4v) is 4.72. The lowest BCUT2D eigenvalue weighted by atomic mass is 10.1. The summed E-state index contributed by atoms with van der Waals surface area (Å²) in [7, 11) is -4.40. The number of carbonyl (C=O) groups is 2. The smallest absolute Gasteiger partial charge is 0.351 e. The van der Waals surface area contributed by atoms with Crippen molar-refractivity contribution in [3.63, 3.8) is 0 Å². The van der Waals surface area contributed by atoms with Crippen molar-refractivity contribution >= 4 is 45.6 Å². The van der Waals surface area contributed by atoms with Crippen LogP contribution in [0.4, 0.5) is 5.82 Å². The highest BCUT2D eigenvalue weighted by molar-refractivity contribution is 7.86. The fraction of sp³-hybridized carbons (Fsp3) is 0.364. The lowest BCUT2D eigenvalue weighted by Crippen LogP contribution is -2.42. The van der Waals surface area contributed by atoms with E-state index in [9.17, 15) is 22.8 Å². The zero-order valence-corrected chi connectivity index (χ0v) is 21.1. The van der Waals surface area contributed by atoms with Gasteiger partial charge >= 0.3 is 17.6 Å². The van der Waals surface area contributed by atoms with E-state index in [1.165, 1.54) is 24.4 Å². The molecule has 1 aliphatic heterocycles. The van der Waals surface area contributed by atoms with E-state index in [4.69, 9.17) is 35.7 Å². The summed E-state index contributed by atoms with van der Waals surface area (Å²) in [5.74, 6) is -1.60. The zero-order valence-electron chi connectivity index (χ0n) is 19.5. The topological polar surface area (TPSA) is 166 Å². The Kier molecular flexibility index (Phi) is 8.51. The van der Waals surface area contributed by atoms with Gasteiger partial charge in [0.25, 0.3) is 10.1 Å². The quantitative estimate of drug-likeness (QED) is 0.380. The van der Waals surface area contributed by atoms with Crippen molar-refractivity contribution < 1.29 is 36.4 Å². The molecule has 0 radical (unpaired) electrons. The minimum absolute atomic E-state index is 0.124. The van der Waals surface area contributed by atoms with Crippen LogP contribution >= 0.6 is 11.6 Å². The summed E-state index contributed by atoms with van der Waals surface area (Å²) in [6.45, 7) is 3.57. The maximum absolute atomic E-state index is 13.1. The summed E-state index contributed by atoms with van der Waals surface area (Å²) >= 11 is 5.63. The summed E-state index contributed by atoms with van der Waals surface area (Å²) in [5.41, 5.74) is 7.08. The lowest BCUT2D eigenvalue weighted by Gasteiger charge is -2.24. The molecule has 1 fully saturated rings. The summed E-state index contributed by atoms with van der Waals surface area (Å²) in [6.07, 6.45) is -3.00. The van der Waals surface area contributed by atoms with E-state index >= 15 is 0 Å². The summed E-state index contributed by atoms with van der Waals surface area (Å²) in [5, 5.41) is 0. The first-order chi connectivity index (χ1) is 16.9. The number of esters is 2. The first-order valence-electron chi connectivity index (χ1n) is 10.5. The molecule has 2 aromatic rings. The van der Waals surface area contributed by atoms with Crippen molar-refractivity contribution in [2.75, 3.05) is 12.3 Å². The van der Waals surface area contributed by atoms with Gasteiger partial charge < -0.3 is 19.9 Å². The minimum atomic E-state index is -4.40. The van der Waals surface area contributed by atoms with Gasteiger partial charge in [0, 0.05) is 31.1 Å². The van der Waals surface area contributed by atoms with Gasteiger partial charge in [-0.05, 0) is 25.1 Å². The third-order valence-electron chi connectivity index (χ3n) is 5.11. The molecule has 2 N–H and O–H groups in total. The highest BCUT2D eigenvalue weighted by Gasteiger charge is 2.51. The normalized spacial score (nSPS) is 22.0. The van der Waals surface area contributed by atoms with Crippen LogP contribution in [0.5, 0.6) is 0 Å². The van der Waals surface area contributed by atoms with Gasteiger partial charge in [-0.3, -0.25) is 18.3 Å². The number of benzene rings is 1. The number of nitrogens with zero attached hydrogens (tertiary/aromatic N) is 2. The zero-order chi connectivity index (χ0) is 26.6. The van der Waals surface area contributed by atoms with Crippen LogP contribution in [0, 0.1) is 6.92 Å². The van der Waals surface area contributed by atoms with Gasteiger partial charge in [0.05, 0.1) is 4.90 Å². The number of aromatic nitrogens is 2. The van der Waals surface area contributed by atoms with Crippen LogP contribution in [0.15, 0.2) is 45.7 Å². The van der Waals surface area contributed by atoms with Crippen LogP contribution in [-0.4, -0.2) is 54.8 Å². The Labute approximate surface area is 211 Å². The first kappa shape index (κ1) is 27.3. The van der Waals surface area contributed by atoms with E-state index in [0.717, 1.165) is 29.5 Å². The molecular formula is C22H24ClN3O9S. The van der Waals surface area contributed by atoms with Crippen molar-refractivity contribution in [1.82, 2.24) is 9.55 Å². The second kappa shape index (κ2) is 11.2. The molecule has 14 heteroatoms. The molecule has 0 saturated carbocycles. The molecule has 3 rings (SSSR count). The van der Waals surface area contributed by atoms with Crippen LogP contribution < -0.4 is 11.4 Å². The average Bonchev–Trinajstić information content (AvgIpc) is 3.10. The largest absolute Gasteiger partial charge is 0.463 e. The highest BCUT2D eigenvalue weighted by atomic mass is 35.5. The molecular weight excluding hydrogens is 518 g/mol. The fourth-order valence-electron chi connectivity index (χ4n) is 3.48. The van der Waals surface area contributed by atoms with Gasteiger partial charge in [-0.15, -0.1) is 0 Å². The maximum atomic E-state index is 13.1. The Hall–Kier alpha value is -3.26. The summed E-state index contributed by atoms with van der Waals surface area (Å²) in [6, 6.07) is 5.85. The van der Waals surface area contributed by atoms with Gasteiger partial charge in [0.1, 0.15) is 24.6 Å². The monoisotopic (exact) mass is 541 g/mol. The van der Waals surface area contributed by atoms with Gasteiger partial charge in [0.2, 0.25) is 0 Å². The molecule has 2 heterocycles. The number of anilines is 1. The predicted octanol–water partition coefficient (Wildman–Crippen LogP) is 1.51. The van der Waals surface area contributed by atoms with Gasteiger partial charge in [-0.1, -0.05) is 29.3 Å². The molecule has 36 heavy (non-hydrogen) atoms. The van der Waals surface area contributed by atoms with Crippen LogP contribution in [0.3, 0.4) is 0 Å². The maximum Gasteiger partial charge on any atom is 0.351 e. The van der Waals surface area contributed by atoms with Crippen LogP contribution in [0.25, 0.3) is 6.08 Å². The number of hydrogen-bond donors (Lipinski definition) is 1. The molecule has 0 spiro atoms. The molecule has 0 aliphatic carbocycles. The molecule has 0 amide bonds. The third-order valence-corrected chi connectivity index (χ3v) is 6.56. The number of aryl methyl sites for hydroxylation is 1. The Morgan fingerprint density at radius 3 is 2.44 bits per heavy atom. The van der Waals surface area contributed by atoms with E-state index in [-0.39, 0.29) is 16.3 Å². The molecule has 0 unspecified atom stereocenters. The number of rotatable bonds is 8. The Morgan fingerprint density at radius 2 is 1.86 bits per heavy atom. The molecule has 194 valence electrons. The van der Waals surface area contributed by atoms with Crippen LogP contribution in [-0.2, 0) is 38.1 Å². The highest BCUT2D eigenvalue weighted by Crippen LogP contribution is 2.35. The standard InChI is InChI=1S/C22H24ClN3O9S/c1-12-4-6-16(7-5-12)36(30,31)35-18-17(11-32-13(2)27)34-21(19(18)33-14(3)28)26-10-15(8-9-23)20(24)25-22(26)29/h4-10,17-19,21H,11H2,1-3H3,(H2,24,25,29)/b9-8+/t17-,18+,19-,21-/m1/s1. The van der Waals surface area contributed by atoms with E-state index in [1.54, 1.807) is 19.1 Å². The van der Waals surface area contributed by atoms with E-state index < -0.39 is 58.9 Å². The third kappa shape index (κ3) is 6.29. The van der Waals surface area contributed by atoms with Crippen molar-refractivity contribution in [3.8, 4) is 0 Å². The van der Waals surface area contributed by atoms with Crippen molar-refractivity contribution in [3.05, 3.63) is 57.6 Å². The van der Waals surface area contributed by atoms with E-state index in [1.807, 2.05) is 0 Å². The van der Waals surface area contributed by atoms with Crippen molar-refractivity contribution in [1.29, 1.82) is 0 Å². The second-order valence-corrected chi connectivity index (χ2v) is 9.66. The molecule has 0 bridgehead atoms. The number of nitrogen functional groups attached to an aromatic ring is 1. The Bertz CT molecular complexity index is 1330. The minimum Gasteiger partial charge on any atom is -0.463 e. The number of carbonyl (C=O) groups excluding carboxylic acids is 2. The van der Waals surface area contributed by atoms with Gasteiger partial charge in [-0.2, -0.15) is 13.4 Å². The number of hydrogen-bond acceptors (Lipinski definition) is 11. The number of nitrogens with two attached hydrogens (primary N) is 1. The van der Waals surface area contributed by atoms with Crippen molar-refractivity contribution in [2.24, 2.45) is 0 Å². The van der Waals surface area contributed by atoms with E-state index in [0.29, 0.717) is 0 Å². The van der Waals surface area contributed by atoms with Crippen molar-refractivity contribution in [2.45, 2.75) is 50.2 Å². The first-order valence-corrected chi connectivity index (χ1v) is 12.4. The summed E-state index contributed by atoms with van der Waals surface area (Å²) in [4.78, 5) is 39.6. The Balaban J connectivity index is 2.08. The van der Waals surface area contributed by atoms with Gasteiger partial charge in [-0.25, -0.2) is 4.79 Å². The number of ether oxygens (including phenoxy) is 3. The molecule has 12 nitrogen and oxygen atoms in total. The average molecular weight is 542 g/mol. The Morgan fingerprint density at radius 1 is 1.19 bits per heavy atom. The van der Waals surface area contributed by atoms with Crippen LogP contribution in [0.1, 0.15) is 31.2 Å².